The van der Waals surface area contributed by atoms with Gasteiger partial charge in [-0.3, -0.25) is 0 Å². The molecule has 92 valence electrons. The highest BCUT2D eigenvalue weighted by atomic mass is 35.5. The minimum Gasteiger partial charge on any atom is -0.319 e. The number of rotatable bonds is 4. The van der Waals surface area contributed by atoms with Gasteiger partial charge in [0.15, 0.2) is 0 Å². The number of aromatic nitrogens is 1. The van der Waals surface area contributed by atoms with Crippen LogP contribution in [-0.4, -0.2) is 18.6 Å². The van der Waals surface area contributed by atoms with E-state index in [2.05, 4.69) is 10.3 Å². The molecule has 0 atom stereocenters. The Labute approximate surface area is 110 Å². The molecule has 0 spiro atoms. The molecule has 17 heavy (non-hydrogen) atoms. The van der Waals surface area contributed by atoms with E-state index in [9.17, 15) is 4.39 Å². The van der Waals surface area contributed by atoms with Crippen LogP contribution in [0.5, 0.6) is 0 Å². The molecular formula is C12H14ClFN2S. The third-order valence-electron chi connectivity index (χ3n) is 2.29. The van der Waals surface area contributed by atoms with E-state index in [1.54, 1.807) is 23.5 Å². The lowest BCUT2D eigenvalue weighted by Gasteiger charge is -1.98. The fourth-order valence-electron chi connectivity index (χ4n) is 1.45. The topological polar surface area (TPSA) is 24.9 Å². The third kappa shape index (κ3) is 3.49. The molecule has 0 radical (unpaired) electrons. The molecule has 0 aliphatic heterocycles. The van der Waals surface area contributed by atoms with Crippen molar-refractivity contribution in [3.63, 3.8) is 0 Å². The Morgan fingerprint density at radius 2 is 2.12 bits per heavy atom. The van der Waals surface area contributed by atoms with Crippen LogP contribution < -0.4 is 5.32 Å². The zero-order chi connectivity index (χ0) is 11.4. The third-order valence-corrected chi connectivity index (χ3v) is 3.20. The molecule has 2 nitrogen and oxygen atoms in total. The summed E-state index contributed by atoms with van der Waals surface area (Å²) in [5.74, 6) is -0.215. The summed E-state index contributed by atoms with van der Waals surface area (Å²) >= 11 is 1.58. The summed E-state index contributed by atoms with van der Waals surface area (Å²) in [6.07, 6.45) is 0.885. The highest BCUT2D eigenvalue weighted by molar-refractivity contribution is 7.09. The van der Waals surface area contributed by atoms with Gasteiger partial charge >= 0.3 is 0 Å². The van der Waals surface area contributed by atoms with Gasteiger partial charge in [0.2, 0.25) is 0 Å². The molecule has 0 aliphatic carbocycles. The van der Waals surface area contributed by atoms with Gasteiger partial charge in [-0.15, -0.1) is 23.7 Å². The first-order valence-electron chi connectivity index (χ1n) is 5.15. The number of hydrogen-bond acceptors (Lipinski definition) is 3. The van der Waals surface area contributed by atoms with Crippen LogP contribution in [0.4, 0.5) is 4.39 Å². The summed E-state index contributed by atoms with van der Waals surface area (Å²) in [7, 11) is 1.91. The van der Waals surface area contributed by atoms with E-state index in [4.69, 9.17) is 0 Å². The molecule has 0 aliphatic rings. The lowest BCUT2D eigenvalue weighted by Crippen LogP contribution is -2.09. The second kappa shape index (κ2) is 6.69. The molecule has 0 saturated carbocycles. The van der Waals surface area contributed by atoms with Crippen molar-refractivity contribution in [2.45, 2.75) is 6.42 Å². The van der Waals surface area contributed by atoms with Gasteiger partial charge in [-0.05, 0) is 19.2 Å². The minimum absolute atomic E-state index is 0. The van der Waals surface area contributed by atoms with Crippen LogP contribution in [0, 0.1) is 5.82 Å². The minimum atomic E-state index is -0.215. The number of thiazole rings is 1. The van der Waals surface area contributed by atoms with Gasteiger partial charge in [0.05, 0.1) is 10.7 Å². The van der Waals surface area contributed by atoms with Crippen molar-refractivity contribution in [1.29, 1.82) is 0 Å². The van der Waals surface area contributed by atoms with Crippen LogP contribution in [-0.2, 0) is 6.42 Å². The van der Waals surface area contributed by atoms with Gasteiger partial charge in [-0.1, -0.05) is 12.1 Å². The Morgan fingerprint density at radius 1 is 1.35 bits per heavy atom. The van der Waals surface area contributed by atoms with Gasteiger partial charge in [0, 0.05) is 23.9 Å². The van der Waals surface area contributed by atoms with Gasteiger partial charge in [0.25, 0.3) is 0 Å². The van der Waals surface area contributed by atoms with E-state index in [1.165, 1.54) is 6.07 Å². The lowest BCUT2D eigenvalue weighted by molar-refractivity contribution is 0.631. The molecule has 1 heterocycles. The number of nitrogens with one attached hydrogen (secondary N) is 1. The van der Waals surface area contributed by atoms with Gasteiger partial charge in [0.1, 0.15) is 5.82 Å². The van der Waals surface area contributed by atoms with Crippen molar-refractivity contribution in [2.24, 2.45) is 0 Å². The Balaban J connectivity index is 0.00000144. The molecule has 5 heteroatoms. The van der Waals surface area contributed by atoms with Gasteiger partial charge in [-0.25, -0.2) is 9.37 Å². The summed E-state index contributed by atoms with van der Waals surface area (Å²) < 4.78 is 13.5. The van der Waals surface area contributed by atoms with Crippen LogP contribution >= 0.6 is 23.7 Å². The number of benzene rings is 1. The molecule has 0 amide bonds. The SMILES string of the molecule is CNCCc1nc(-c2ccccc2F)cs1.Cl. The summed E-state index contributed by atoms with van der Waals surface area (Å²) in [4.78, 5) is 4.42. The van der Waals surface area contributed by atoms with E-state index in [0.717, 1.165) is 23.7 Å². The second-order valence-corrected chi connectivity index (χ2v) is 4.40. The number of nitrogens with zero attached hydrogens (tertiary/aromatic N) is 1. The molecular weight excluding hydrogens is 259 g/mol. The Bertz CT molecular complexity index is 473. The zero-order valence-electron chi connectivity index (χ0n) is 9.44. The lowest BCUT2D eigenvalue weighted by atomic mass is 10.1. The number of likely N-dealkylation sites (N-methyl/N-ethyl adjacent to an activating group) is 1. The summed E-state index contributed by atoms with van der Waals surface area (Å²) in [5.41, 5.74) is 1.31. The first-order valence-corrected chi connectivity index (χ1v) is 6.03. The molecule has 0 fully saturated rings. The zero-order valence-corrected chi connectivity index (χ0v) is 11.1. The summed E-state index contributed by atoms with van der Waals surface area (Å²) in [6.45, 7) is 0.893. The van der Waals surface area contributed by atoms with Crippen LogP contribution in [0.1, 0.15) is 5.01 Å². The monoisotopic (exact) mass is 272 g/mol. The molecule has 0 bridgehead atoms. The van der Waals surface area contributed by atoms with Crippen molar-refractivity contribution in [3.8, 4) is 11.3 Å². The van der Waals surface area contributed by atoms with Crippen LogP contribution in [0.3, 0.4) is 0 Å². The van der Waals surface area contributed by atoms with Crippen LogP contribution in [0.25, 0.3) is 11.3 Å². The summed E-state index contributed by atoms with van der Waals surface area (Å²) in [6, 6.07) is 6.73. The first kappa shape index (κ1) is 14.1. The smallest absolute Gasteiger partial charge is 0.132 e. The Kier molecular flexibility index (Phi) is 5.55. The fraction of sp³-hybridized carbons (Fsp3) is 0.250. The van der Waals surface area contributed by atoms with E-state index >= 15 is 0 Å². The maximum absolute atomic E-state index is 13.5. The molecule has 1 aromatic carbocycles. The summed E-state index contributed by atoms with van der Waals surface area (Å²) in [5, 5.41) is 6.01. The van der Waals surface area contributed by atoms with Crippen molar-refractivity contribution < 1.29 is 4.39 Å². The van der Waals surface area contributed by atoms with Crippen molar-refractivity contribution in [1.82, 2.24) is 10.3 Å². The predicted octanol–water partition coefficient (Wildman–Crippen LogP) is 3.13. The Hall–Kier alpha value is -0.970. The van der Waals surface area contributed by atoms with Crippen molar-refractivity contribution in [2.75, 3.05) is 13.6 Å². The van der Waals surface area contributed by atoms with Crippen LogP contribution in [0.2, 0.25) is 0 Å². The average molecular weight is 273 g/mol. The van der Waals surface area contributed by atoms with E-state index < -0.39 is 0 Å². The van der Waals surface area contributed by atoms with E-state index in [-0.39, 0.29) is 18.2 Å². The highest BCUT2D eigenvalue weighted by Gasteiger charge is 2.08. The average Bonchev–Trinajstić information content (AvgIpc) is 2.75. The Morgan fingerprint density at radius 3 is 2.82 bits per heavy atom. The second-order valence-electron chi connectivity index (χ2n) is 3.46. The predicted molar refractivity (Wildman–Crippen MR) is 72.4 cm³/mol. The van der Waals surface area contributed by atoms with Crippen LogP contribution in [0.15, 0.2) is 29.6 Å². The quantitative estimate of drug-likeness (QED) is 0.925. The highest BCUT2D eigenvalue weighted by Crippen LogP contribution is 2.24. The molecule has 2 rings (SSSR count). The molecule has 0 saturated heterocycles. The van der Waals surface area contributed by atoms with Crippen molar-refractivity contribution in [3.05, 3.63) is 40.5 Å². The first-order chi connectivity index (χ1) is 7.81. The maximum atomic E-state index is 13.5. The number of hydrogen-bond donors (Lipinski definition) is 1. The normalized spacial score (nSPS) is 10.0. The standard InChI is InChI=1S/C12H13FN2S.ClH/c1-14-7-6-12-15-11(8-16-12)9-4-2-3-5-10(9)13;/h2-5,8,14H,6-7H2,1H3;1H. The molecule has 1 N–H and O–H groups in total. The van der Waals surface area contributed by atoms with Gasteiger partial charge in [-0.2, -0.15) is 0 Å². The van der Waals surface area contributed by atoms with Crippen molar-refractivity contribution >= 4 is 23.7 Å². The maximum Gasteiger partial charge on any atom is 0.132 e. The number of halogens is 2. The fourth-order valence-corrected chi connectivity index (χ4v) is 2.25. The molecule has 2 aromatic rings. The largest absolute Gasteiger partial charge is 0.319 e. The molecule has 0 unspecified atom stereocenters. The molecule has 1 aromatic heterocycles. The van der Waals surface area contributed by atoms with Gasteiger partial charge < -0.3 is 5.32 Å². The van der Waals surface area contributed by atoms with E-state index in [0.29, 0.717) is 5.56 Å². The van der Waals surface area contributed by atoms with E-state index in [1.807, 2.05) is 18.5 Å².